The van der Waals surface area contributed by atoms with Crippen LogP contribution in [0.5, 0.6) is 17.4 Å². The summed E-state index contributed by atoms with van der Waals surface area (Å²) in [6.45, 7) is 3.88. The molecule has 28 heavy (non-hydrogen) atoms. The molecule has 0 fully saturated rings. The third-order valence-electron chi connectivity index (χ3n) is 3.73. The summed E-state index contributed by atoms with van der Waals surface area (Å²) in [5, 5.41) is 2.87. The molecule has 2 aromatic rings. The first-order valence-corrected chi connectivity index (χ1v) is 9.73. The van der Waals surface area contributed by atoms with Crippen molar-refractivity contribution in [3.05, 3.63) is 46.1 Å². The number of pyridine rings is 1. The Bertz CT molecular complexity index is 768. The minimum Gasteiger partial charge on any atom is -0.493 e. The Morgan fingerprint density at radius 2 is 1.96 bits per heavy atom. The summed E-state index contributed by atoms with van der Waals surface area (Å²) in [6.07, 6.45) is 2.54. The Balaban J connectivity index is 1.98. The summed E-state index contributed by atoms with van der Waals surface area (Å²) in [7, 11) is 3.16. The first kappa shape index (κ1) is 22.0. The van der Waals surface area contributed by atoms with Crippen LogP contribution in [0.25, 0.3) is 0 Å². The molecule has 0 saturated carbocycles. The molecule has 0 spiro atoms. The number of carbonyl (C=O) groups is 1. The van der Waals surface area contributed by atoms with Gasteiger partial charge in [-0.25, -0.2) is 4.98 Å². The van der Waals surface area contributed by atoms with Gasteiger partial charge in [-0.3, -0.25) is 4.79 Å². The van der Waals surface area contributed by atoms with E-state index in [0.717, 1.165) is 12.0 Å². The molecule has 2 rings (SSSR count). The van der Waals surface area contributed by atoms with Gasteiger partial charge in [0.15, 0.2) is 11.5 Å². The smallest absolute Gasteiger partial charge is 0.251 e. The molecule has 1 heterocycles. The third kappa shape index (κ3) is 6.38. The molecule has 1 aromatic heterocycles. The van der Waals surface area contributed by atoms with Crippen LogP contribution in [0.2, 0.25) is 0 Å². The van der Waals surface area contributed by atoms with Crippen molar-refractivity contribution in [1.29, 1.82) is 0 Å². The molecule has 152 valence electrons. The van der Waals surface area contributed by atoms with Crippen molar-refractivity contribution >= 4 is 21.8 Å². The monoisotopic (exact) mass is 452 g/mol. The lowest BCUT2D eigenvalue weighted by Gasteiger charge is -2.14. The number of benzene rings is 1. The fourth-order valence-electron chi connectivity index (χ4n) is 2.31. The van der Waals surface area contributed by atoms with Gasteiger partial charge < -0.3 is 24.3 Å². The summed E-state index contributed by atoms with van der Waals surface area (Å²) in [5.74, 6) is 1.39. The number of methoxy groups -OCH3 is 2. The number of amides is 1. The van der Waals surface area contributed by atoms with E-state index in [1.807, 2.05) is 13.0 Å². The fraction of sp³-hybridized carbons (Fsp3) is 0.400. The zero-order chi connectivity index (χ0) is 20.4. The second-order valence-electron chi connectivity index (χ2n) is 5.87. The Hall–Kier alpha value is -2.32. The molecule has 0 atom stereocenters. The number of halogens is 1. The number of hydrogen-bond acceptors (Lipinski definition) is 6. The largest absolute Gasteiger partial charge is 0.493 e. The highest BCUT2D eigenvalue weighted by molar-refractivity contribution is 9.10. The predicted octanol–water partition coefficient (Wildman–Crippen LogP) is 3.60. The third-order valence-corrected chi connectivity index (χ3v) is 4.32. The molecular formula is C20H25BrN2O5. The van der Waals surface area contributed by atoms with Crippen molar-refractivity contribution in [2.24, 2.45) is 0 Å². The zero-order valence-corrected chi connectivity index (χ0v) is 17.9. The van der Waals surface area contributed by atoms with E-state index >= 15 is 0 Å². The van der Waals surface area contributed by atoms with Gasteiger partial charge in [-0.15, -0.1) is 0 Å². The molecule has 1 aromatic carbocycles. The van der Waals surface area contributed by atoms with Crippen LogP contribution in [-0.4, -0.2) is 44.9 Å². The van der Waals surface area contributed by atoms with Gasteiger partial charge in [-0.2, -0.15) is 0 Å². The zero-order valence-electron chi connectivity index (χ0n) is 16.3. The van der Waals surface area contributed by atoms with Crippen molar-refractivity contribution in [3.8, 4) is 17.4 Å². The van der Waals surface area contributed by atoms with Crippen LogP contribution in [0.15, 0.2) is 34.9 Å². The van der Waals surface area contributed by atoms with Crippen molar-refractivity contribution in [2.45, 2.75) is 19.9 Å². The molecule has 8 heteroatoms. The lowest BCUT2D eigenvalue weighted by molar-refractivity contribution is 0.0950. The van der Waals surface area contributed by atoms with Crippen molar-refractivity contribution in [2.75, 3.05) is 34.0 Å². The summed E-state index contributed by atoms with van der Waals surface area (Å²) >= 11 is 3.45. The van der Waals surface area contributed by atoms with E-state index in [4.69, 9.17) is 18.9 Å². The predicted molar refractivity (Wildman–Crippen MR) is 109 cm³/mol. The molecule has 0 unspecified atom stereocenters. The molecule has 0 bridgehead atoms. The van der Waals surface area contributed by atoms with E-state index < -0.39 is 0 Å². The highest BCUT2D eigenvalue weighted by Gasteiger charge is 2.15. The number of aromatic nitrogens is 1. The molecule has 7 nitrogen and oxygen atoms in total. The maximum Gasteiger partial charge on any atom is 0.251 e. The van der Waals surface area contributed by atoms with Gasteiger partial charge in [0, 0.05) is 31.5 Å². The number of carbonyl (C=O) groups excluding carboxylic acids is 1. The molecule has 0 saturated heterocycles. The topological polar surface area (TPSA) is 78.9 Å². The number of hydrogen-bond donors (Lipinski definition) is 1. The molecule has 0 aliphatic carbocycles. The van der Waals surface area contributed by atoms with E-state index in [1.54, 1.807) is 38.6 Å². The SMILES string of the molecule is CCCOc1c(Br)cc(C(=O)NCc2ccc(OCCOC)nc2)cc1OC. The second kappa shape index (κ2) is 11.5. The average molecular weight is 453 g/mol. The number of ether oxygens (including phenoxy) is 4. The quantitative estimate of drug-likeness (QED) is 0.524. The summed E-state index contributed by atoms with van der Waals surface area (Å²) in [6, 6.07) is 6.99. The Morgan fingerprint density at radius 1 is 1.14 bits per heavy atom. The minimum atomic E-state index is -0.221. The van der Waals surface area contributed by atoms with Gasteiger partial charge >= 0.3 is 0 Å². The maximum absolute atomic E-state index is 12.5. The Kier molecular flexibility index (Phi) is 9.03. The lowest BCUT2D eigenvalue weighted by atomic mass is 10.1. The van der Waals surface area contributed by atoms with Gasteiger partial charge in [0.1, 0.15) is 6.61 Å². The van der Waals surface area contributed by atoms with Crippen LogP contribution < -0.4 is 19.5 Å². The highest BCUT2D eigenvalue weighted by Crippen LogP contribution is 2.36. The highest BCUT2D eigenvalue weighted by atomic mass is 79.9. The average Bonchev–Trinajstić information content (AvgIpc) is 2.71. The van der Waals surface area contributed by atoms with Gasteiger partial charge in [-0.05, 0) is 40.0 Å². The van der Waals surface area contributed by atoms with E-state index in [2.05, 4.69) is 26.2 Å². The van der Waals surface area contributed by atoms with Gasteiger partial charge in [0.25, 0.3) is 5.91 Å². The summed E-state index contributed by atoms with van der Waals surface area (Å²) < 4.78 is 22.1. The van der Waals surface area contributed by atoms with Crippen LogP contribution >= 0.6 is 15.9 Å². The van der Waals surface area contributed by atoms with Crippen LogP contribution in [0.3, 0.4) is 0 Å². The maximum atomic E-state index is 12.5. The number of rotatable bonds is 11. The normalized spacial score (nSPS) is 10.4. The van der Waals surface area contributed by atoms with E-state index in [0.29, 0.717) is 53.8 Å². The lowest BCUT2D eigenvalue weighted by Crippen LogP contribution is -2.23. The minimum absolute atomic E-state index is 0.221. The van der Waals surface area contributed by atoms with Crippen molar-refractivity contribution in [3.63, 3.8) is 0 Å². The Labute approximate surface area is 173 Å². The van der Waals surface area contributed by atoms with Gasteiger partial charge in [0.2, 0.25) is 5.88 Å². The van der Waals surface area contributed by atoms with Crippen molar-refractivity contribution < 1.29 is 23.7 Å². The molecular weight excluding hydrogens is 428 g/mol. The van der Waals surface area contributed by atoms with Crippen LogP contribution in [-0.2, 0) is 11.3 Å². The number of nitrogens with one attached hydrogen (secondary N) is 1. The Morgan fingerprint density at radius 3 is 2.61 bits per heavy atom. The number of nitrogens with zero attached hydrogens (tertiary/aromatic N) is 1. The fourth-order valence-corrected chi connectivity index (χ4v) is 2.87. The molecule has 0 aliphatic heterocycles. The second-order valence-corrected chi connectivity index (χ2v) is 6.72. The van der Waals surface area contributed by atoms with E-state index in [1.165, 1.54) is 0 Å². The van der Waals surface area contributed by atoms with Gasteiger partial charge in [0.05, 0.1) is 24.8 Å². The molecule has 1 N–H and O–H groups in total. The van der Waals surface area contributed by atoms with Crippen LogP contribution in [0, 0.1) is 0 Å². The molecule has 0 radical (unpaired) electrons. The standard InChI is InChI=1S/C20H25BrN2O5/c1-4-7-28-19-16(21)10-15(11-17(19)26-3)20(24)23-13-14-5-6-18(22-12-14)27-9-8-25-2/h5-6,10-12H,4,7-9,13H2,1-3H3,(H,23,24). The molecule has 0 aliphatic rings. The van der Waals surface area contributed by atoms with Crippen molar-refractivity contribution in [1.82, 2.24) is 10.3 Å². The van der Waals surface area contributed by atoms with Crippen LogP contribution in [0.4, 0.5) is 0 Å². The first-order chi connectivity index (χ1) is 13.6. The van der Waals surface area contributed by atoms with E-state index in [9.17, 15) is 4.79 Å². The van der Waals surface area contributed by atoms with Crippen LogP contribution in [0.1, 0.15) is 29.3 Å². The molecule has 1 amide bonds. The van der Waals surface area contributed by atoms with Gasteiger partial charge in [-0.1, -0.05) is 13.0 Å². The summed E-state index contributed by atoms with van der Waals surface area (Å²) in [5.41, 5.74) is 1.33. The first-order valence-electron chi connectivity index (χ1n) is 8.94. The van der Waals surface area contributed by atoms with E-state index in [-0.39, 0.29) is 5.91 Å². The summed E-state index contributed by atoms with van der Waals surface area (Å²) in [4.78, 5) is 16.7.